The molecular formula is C40H64N2O7. The van der Waals surface area contributed by atoms with E-state index < -0.39 is 18.1 Å². The second-order valence-corrected chi connectivity index (χ2v) is 19.5. The number of carboxylic acids is 1. The zero-order valence-corrected chi connectivity index (χ0v) is 31.3. The first-order valence-electron chi connectivity index (χ1n) is 19.9. The van der Waals surface area contributed by atoms with E-state index >= 15 is 0 Å². The number of carbonyl (C=O) groups excluding carboxylic acids is 1. The van der Waals surface area contributed by atoms with Crippen LogP contribution in [-0.2, 0) is 23.8 Å². The maximum Gasteiger partial charge on any atom is 0.320 e. The summed E-state index contributed by atoms with van der Waals surface area (Å²) in [5.74, 6) is 1.80. The Morgan fingerprint density at radius 1 is 1.02 bits per heavy atom. The fourth-order valence-corrected chi connectivity index (χ4v) is 14.2. The normalized spacial score (nSPS) is 50.4. The van der Waals surface area contributed by atoms with Crippen molar-refractivity contribution < 1.29 is 34.0 Å². The van der Waals surface area contributed by atoms with Gasteiger partial charge in [-0.3, -0.25) is 14.5 Å². The molecule has 9 nitrogen and oxygen atoms in total. The molecule has 9 heteroatoms. The molecule has 276 valence electrons. The monoisotopic (exact) mass is 684 g/mol. The van der Waals surface area contributed by atoms with E-state index in [0.717, 1.165) is 25.7 Å². The van der Waals surface area contributed by atoms with Gasteiger partial charge in [-0.1, -0.05) is 34.6 Å². The van der Waals surface area contributed by atoms with Gasteiger partial charge in [0.05, 0.1) is 37.6 Å². The lowest BCUT2D eigenvalue weighted by molar-refractivity contribution is -0.248. The van der Waals surface area contributed by atoms with Crippen LogP contribution in [-0.4, -0.2) is 102 Å². The average Bonchev–Trinajstić information content (AvgIpc) is 3.97. The van der Waals surface area contributed by atoms with Crippen molar-refractivity contribution >= 4 is 11.9 Å². The Morgan fingerprint density at radius 2 is 1.73 bits per heavy atom. The fraction of sp³-hybridized carbons (Fsp3) is 0.950. The minimum absolute atomic E-state index is 0.00424. The molecule has 6 aliphatic carbocycles. The standard InChI is InChI=1S/C40H64N2O7/c1-23-18-26(20-41(7)24(2)35(45)46)48-33-32(23)37(5)14-15-40-22-39(40)13-12-29(36(3,4)27(39)10-11-28(40)38(37,6)34(33)44)49-31-21-42(16-17-47-31)30(43)19-25-8-9-25/h23-29,31-34,44H,8-22H2,1-7H3,(H,45,46)/t23-,24?,26?,27+,28?,29?,31+,32+,33?,34+,37?,38-,39?,40?/m1/s1. The largest absolute Gasteiger partial charge is 0.480 e. The summed E-state index contributed by atoms with van der Waals surface area (Å²) in [4.78, 5) is 28.4. The van der Waals surface area contributed by atoms with Crippen LogP contribution in [0.3, 0.4) is 0 Å². The van der Waals surface area contributed by atoms with Crippen molar-refractivity contribution in [3.05, 3.63) is 0 Å². The molecule has 8 unspecified atom stereocenters. The molecule has 8 fully saturated rings. The van der Waals surface area contributed by atoms with Gasteiger partial charge in [-0.15, -0.1) is 0 Å². The molecule has 2 saturated heterocycles. The van der Waals surface area contributed by atoms with Crippen LogP contribution in [0.5, 0.6) is 0 Å². The summed E-state index contributed by atoms with van der Waals surface area (Å²) in [6.45, 7) is 16.3. The number of ether oxygens (including phenoxy) is 3. The number of aliphatic carboxylic acids is 1. The molecule has 2 N–H and O–H groups in total. The van der Waals surface area contributed by atoms with Gasteiger partial charge in [-0.05, 0) is 129 Å². The predicted molar refractivity (Wildman–Crippen MR) is 184 cm³/mol. The van der Waals surface area contributed by atoms with Crippen molar-refractivity contribution in [2.24, 2.45) is 56.7 Å². The van der Waals surface area contributed by atoms with E-state index in [9.17, 15) is 19.8 Å². The van der Waals surface area contributed by atoms with Crippen molar-refractivity contribution in [2.75, 3.05) is 33.3 Å². The lowest BCUT2D eigenvalue weighted by Gasteiger charge is -2.64. The van der Waals surface area contributed by atoms with E-state index in [1.54, 1.807) is 6.92 Å². The number of fused-ring (bicyclic) bond motifs is 4. The fourth-order valence-electron chi connectivity index (χ4n) is 14.2. The molecule has 1 amide bonds. The number of morpholine rings is 1. The smallest absolute Gasteiger partial charge is 0.320 e. The molecule has 2 heterocycles. The van der Waals surface area contributed by atoms with Crippen molar-refractivity contribution in [3.8, 4) is 0 Å². The van der Waals surface area contributed by atoms with Gasteiger partial charge >= 0.3 is 5.97 Å². The Hall–Kier alpha value is -1.26. The molecule has 49 heavy (non-hydrogen) atoms. The van der Waals surface area contributed by atoms with E-state index in [4.69, 9.17) is 14.2 Å². The third-order valence-corrected chi connectivity index (χ3v) is 17.2. The van der Waals surface area contributed by atoms with Gasteiger partial charge in [0.25, 0.3) is 0 Å². The highest BCUT2D eigenvalue weighted by Gasteiger charge is 2.84. The Kier molecular flexibility index (Phi) is 8.25. The number of nitrogens with zero attached hydrogens (tertiary/aromatic N) is 2. The van der Waals surface area contributed by atoms with Crippen molar-refractivity contribution in [1.29, 1.82) is 0 Å². The van der Waals surface area contributed by atoms with Gasteiger partial charge in [0.15, 0.2) is 6.29 Å². The number of amides is 1. The minimum Gasteiger partial charge on any atom is -0.480 e. The molecule has 6 saturated carbocycles. The molecular weight excluding hydrogens is 620 g/mol. The van der Waals surface area contributed by atoms with Crippen LogP contribution in [0.1, 0.15) is 112 Å². The quantitative estimate of drug-likeness (QED) is 0.342. The summed E-state index contributed by atoms with van der Waals surface area (Å²) in [5.41, 5.74) is 0.368. The molecule has 14 atom stereocenters. The number of carbonyl (C=O) groups is 2. The molecule has 8 aliphatic rings. The summed E-state index contributed by atoms with van der Waals surface area (Å²) in [6, 6.07) is -0.570. The number of aliphatic hydroxyl groups is 1. The van der Waals surface area contributed by atoms with Gasteiger partial charge in [0.2, 0.25) is 5.91 Å². The molecule has 2 aliphatic heterocycles. The molecule has 0 aromatic carbocycles. The SMILES string of the molecule is CC(C(=O)O)N(C)CC1C[C@@H](C)[C@H]2C(O1)[C@H](O)[C@@]1(C)C3CC[C@H]4C(C)(C)C(O[C@H]5CN(C(=O)CC6CC6)CCO5)CCC45CC35CCC21C. The van der Waals surface area contributed by atoms with E-state index in [-0.39, 0.29) is 52.2 Å². The van der Waals surface area contributed by atoms with Crippen LogP contribution < -0.4 is 0 Å². The van der Waals surface area contributed by atoms with Crippen LogP contribution in [0, 0.1) is 56.7 Å². The van der Waals surface area contributed by atoms with Gasteiger partial charge in [0.1, 0.15) is 6.04 Å². The van der Waals surface area contributed by atoms with E-state index in [0.29, 0.717) is 67.7 Å². The summed E-state index contributed by atoms with van der Waals surface area (Å²) in [6.07, 6.45) is 11.1. The van der Waals surface area contributed by atoms with Crippen LogP contribution >= 0.6 is 0 Å². The first-order chi connectivity index (χ1) is 23.1. The lowest BCUT2D eigenvalue weighted by Crippen LogP contribution is -2.60. The number of hydrogen-bond acceptors (Lipinski definition) is 7. The van der Waals surface area contributed by atoms with Crippen molar-refractivity contribution in [1.82, 2.24) is 9.80 Å². The lowest BCUT2D eigenvalue weighted by atomic mass is 9.41. The number of rotatable bonds is 8. The van der Waals surface area contributed by atoms with Gasteiger partial charge in [0, 0.05) is 24.9 Å². The number of carboxylic acid groups (broad SMARTS) is 1. The van der Waals surface area contributed by atoms with Crippen LogP contribution in [0.2, 0.25) is 0 Å². The molecule has 0 radical (unpaired) electrons. The summed E-state index contributed by atoms with van der Waals surface area (Å²) < 4.78 is 19.9. The molecule has 0 aromatic heterocycles. The second kappa shape index (κ2) is 11.6. The Bertz CT molecular complexity index is 1340. The van der Waals surface area contributed by atoms with E-state index in [2.05, 4.69) is 34.6 Å². The number of aliphatic hydroxyl groups excluding tert-OH is 1. The zero-order chi connectivity index (χ0) is 34.9. The van der Waals surface area contributed by atoms with Crippen LogP contribution in [0.15, 0.2) is 0 Å². The van der Waals surface area contributed by atoms with Gasteiger partial charge < -0.3 is 29.3 Å². The van der Waals surface area contributed by atoms with Crippen LogP contribution in [0.4, 0.5) is 0 Å². The van der Waals surface area contributed by atoms with E-state index in [1.165, 1.54) is 38.5 Å². The highest BCUT2D eigenvalue weighted by Crippen LogP contribution is 2.89. The van der Waals surface area contributed by atoms with Crippen molar-refractivity contribution in [2.45, 2.75) is 149 Å². The third-order valence-electron chi connectivity index (χ3n) is 17.2. The Labute approximate surface area is 294 Å². The molecule has 0 bridgehead atoms. The third kappa shape index (κ3) is 4.93. The first-order valence-corrected chi connectivity index (χ1v) is 19.9. The Morgan fingerprint density at radius 3 is 2.45 bits per heavy atom. The maximum atomic E-state index is 12.9. The zero-order valence-electron chi connectivity index (χ0n) is 31.3. The van der Waals surface area contributed by atoms with Crippen LogP contribution in [0.25, 0.3) is 0 Å². The summed E-state index contributed by atoms with van der Waals surface area (Å²) in [7, 11) is 1.87. The highest BCUT2D eigenvalue weighted by molar-refractivity contribution is 5.76. The second-order valence-electron chi connectivity index (χ2n) is 19.5. The Balaban J connectivity index is 0.985. The molecule has 8 rings (SSSR count). The van der Waals surface area contributed by atoms with Crippen molar-refractivity contribution in [3.63, 3.8) is 0 Å². The number of likely N-dealkylation sites (N-methyl/N-ethyl adjacent to an activating group) is 1. The van der Waals surface area contributed by atoms with Gasteiger partial charge in [-0.2, -0.15) is 0 Å². The maximum absolute atomic E-state index is 12.9. The minimum atomic E-state index is -0.816. The summed E-state index contributed by atoms with van der Waals surface area (Å²) in [5, 5.41) is 22.1. The molecule has 2 spiro atoms. The predicted octanol–water partition coefficient (Wildman–Crippen LogP) is 5.57. The first kappa shape index (κ1) is 34.8. The highest BCUT2D eigenvalue weighted by atomic mass is 16.7. The molecule has 0 aromatic rings. The van der Waals surface area contributed by atoms with Gasteiger partial charge in [-0.25, -0.2) is 0 Å². The topological polar surface area (TPSA) is 109 Å². The average molecular weight is 685 g/mol. The summed E-state index contributed by atoms with van der Waals surface area (Å²) >= 11 is 0. The van der Waals surface area contributed by atoms with E-state index in [1.807, 2.05) is 16.8 Å². The number of hydrogen-bond donors (Lipinski definition) is 2.